The van der Waals surface area contributed by atoms with Crippen LogP contribution in [0.2, 0.25) is 0 Å². The van der Waals surface area contributed by atoms with Crippen LogP contribution >= 0.6 is 12.4 Å². The first-order valence-corrected chi connectivity index (χ1v) is 6.71. The summed E-state index contributed by atoms with van der Waals surface area (Å²) in [5.41, 5.74) is 6.10. The van der Waals surface area contributed by atoms with Crippen molar-refractivity contribution in [2.75, 3.05) is 12.8 Å². The molecule has 0 radical (unpaired) electrons. The average molecular weight is 315 g/mol. The number of halogens is 1. The summed E-state index contributed by atoms with van der Waals surface area (Å²) < 4.78 is 4.71. The molecule has 1 aromatic carbocycles. The molecule has 118 valence electrons. The number of hydrogen-bond donors (Lipinski definition) is 2. The van der Waals surface area contributed by atoms with Crippen LogP contribution in [-0.4, -0.2) is 24.5 Å². The van der Waals surface area contributed by atoms with Gasteiger partial charge < -0.3 is 15.8 Å². The molecule has 0 aliphatic heterocycles. The van der Waals surface area contributed by atoms with Gasteiger partial charge in [-0.3, -0.25) is 9.59 Å². The largest absolute Gasteiger partial charge is 0.469 e. The highest BCUT2D eigenvalue weighted by atomic mass is 35.5. The van der Waals surface area contributed by atoms with E-state index in [1.54, 1.807) is 24.3 Å². The standard InChI is InChI=1S/C15H22N2O3.ClH/c1-4-15(5-2,10-13(18)20-3)17-14(19)11-7-6-8-12(16)9-11;/h6-9H,4-5,10,16H2,1-3H3,(H,17,19);1H. The number of carbonyl (C=O) groups is 2. The van der Waals surface area contributed by atoms with E-state index in [1.807, 2.05) is 13.8 Å². The highest BCUT2D eigenvalue weighted by molar-refractivity contribution is 5.95. The Hall–Kier alpha value is -1.75. The van der Waals surface area contributed by atoms with Crippen LogP contribution < -0.4 is 11.1 Å². The maximum atomic E-state index is 12.3. The third-order valence-electron chi connectivity index (χ3n) is 3.59. The number of nitrogen functional groups attached to an aromatic ring is 1. The van der Waals surface area contributed by atoms with E-state index < -0.39 is 5.54 Å². The van der Waals surface area contributed by atoms with Gasteiger partial charge in [0.1, 0.15) is 0 Å². The lowest BCUT2D eigenvalue weighted by Gasteiger charge is -2.32. The predicted octanol–water partition coefficient (Wildman–Crippen LogP) is 2.54. The Morgan fingerprint density at radius 1 is 1.29 bits per heavy atom. The second-order valence-electron chi connectivity index (χ2n) is 4.82. The lowest BCUT2D eigenvalue weighted by molar-refractivity contribution is -0.142. The monoisotopic (exact) mass is 314 g/mol. The van der Waals surface area contributed by atoms with E-state index in [-0.39, 0.29) is 30.7 Å². The van der Waals surface area contributed by atoms with E-state index in [9.17, 15) is 9.59 Å². The molecule has 3 N–H and O–H groups in total. The van der Waals surface area contributed by atoms with Crippen molar-refractivity contribution in [2.24, 2.45) is 0 Å². The van der Waals surface area contributed by atoms with Crippen molar-refractivity contribution in [1.82, 2.24) is 5.32 Å². The Balaban J connectivity index is 0.00000400. The van der Waals surface area contributed by atoms with Gasteiger partial charge in [0, 0.05) is 11.3 Å². The van der Waals surface area contributed by atoms with Gasteiger partial charge in [-0.1, -0.05) is 19.9 Å². The Bertz CT molecular complexity index is 488. The van der Waals surface area contributed by atoms with Gasteiger partial charge in [0.05, 0.1) is 19.1 Å². The second-order valence-corrected chi connectivity index (χ2v) is 4.82. The van der Waals surface area contributed by atoms with Gasteiger partial charge >= 0.3 is 5.97 Å². The van der Waals surface area contributed by atoms with Gasteiger partial charge in [-0.2, -0.15) is 0 Å². The van der Waals surface area contributed by atoms with Crippen LogP contribution in [0.1, 0.15) is 43.5 Å². The van der Waals surface area contributed by atoms with Crippen molar-refractivity contribution in [2.45, 2.75) is 38.6 Å². The molecule has 5 nitrogen and oxygen atoms in total. The molecule has 0 unspecified atom stereocenters. The Kier molecular flexibility index (Phi) is 7.81. The summed E-state index contributed by atoms with van der Waals surface area (Å²) in [6, 6.07) is 6.76. The number of nitrogens with one attached hydrogen (secondary N) is 1. The number of ether oxygens (including phenoxy) is 1. The minimum absolute atomic E-state index is 0. The fourth-order valence-corrected chi connectivity index (χ4v) is 2.06. The molecule has 0 bridgehead atoms. The molecule has 0 heterocycles. The number of esters is 1. The highest BCUT2D eigenvalue weighted by Crippen LogP contribution is 2.21. The first kappa shape index (κ1) is 19.2. The van der Waals surface area contributed by atoms with Crippen molar-refractivity contribution in [3.63, 3.8) is 0 Å². The molecule has 0 aliphatic rings. The molecule has 0 saturated heterocycles. The molecule has 0 fully saturated rings. The summed E-state index contributed by atoms with van der Waals surface area (Å²) in [7, 11) is 1.35. The minimum Gasteiger partial charge on any atom is -0.469 e. The van der Waals surface area contributed by atoms with Crippen LogP contribution in [0.15, 0.2) is 24.3 Å². The van der Waals surface area contributed by atoms with E-state index in [2.05, 4.69) is 5.32 Å². The lowest BCUT2D eigenvalue weighted by Crippen LogP contribution is -2.49. The third-order valence-corrected chi connectivity index (χ3v) is 3.59. The molecule has 0 atom stereocenters. The van der Waals surface area contributed by atoms with E-state index in [0.717, 1.165) is 0 Å². The quantitative estimate of drug-likeness (QED) is 0.624. The maximum absolute atomic E-state index is 12.3. The smallest absolute Gasteiger partial charge is 0.307 e. The van der Waals surface area contributed by atoms with Gasteiger partial charge in [0.15, 0.2) is 0 Å². The summed E-state index contributed by atoms with van der Waals surface area (Å²) >= 11 is 0. The molecule has 1 aromatic rings. The number of amides is 1. The summed E-state index contributed by atoms with van der Waals surface area (Å²) in [5.74, 6) is -0.563. The van der Waals surface area contributed by atoms with Crippen molar-refractivity contribution in [3.8, 4) is 0 Å². The van der Waals surface area contributed by atoms with Gasteiger partial charge in [0.2, 0.25) is 0 Å². The van der Waals surface area contributed by atoms with Crippen molar-refractivity contribution in [3.05, 3.63) is 29.8 Å². The van der Waals surface area contributed by atoms with Crippen molar-refractivity contribution < 1.29 is 14.3 Å². The van der Waals surface area contributed by atoms with Crippen LogP contribution in [0.5, 0.6) is 0 Å². The van der Waals surface area contributed by atoms with Gasteiger partial charge in [-0.25, -0.2) is 0 Å². The second kappa shape index (κ2) is 8.52. The number of hydrogen-bond acceptors (Lipinski definition) is 4. The van der Waals surface area contributed by atoms with Crippen LogP contribution in [0.4, 0.5) is 5.69 Å². The normalized spacial score (nSPS) is 10.4. The number of methoxy groups -OCH3 is 1. The number of benzene rings is 1. The Labute approximate surface area is 131 Å². The molecule has 1 amide bonds. The van der Waals surface area contributed by atoms with Gasteiger partial charge in [0.25, 0.3) is 5.91 Å². The van der Waals surface area contributed by atoms with E-state index in [4.69, 9.17) is 10.5 Å². The molecule has 0 aliphatic carbocycles. The number of anilines is 1. The molecule has 21 heavy (non-hydrogen) atoms. The number of rotatable bonds is 6. The zero-order chi connectivity index (χ0) is 15.2. The zero-order valence-electron chi connectivity index (χ0n) is 12.6. The first-order valence-electron chi connectivity index (χ1n) is 6.71. The summed E-state index contributed by atoms with van der Waals surface area (Å²) in [6.45, 7) is 3.87. The van der Waals surface area contributed by atoms with Gasteiger partial charge in [-0.15, -0.1) is 12.4 Å². The maximum Gasteiger partial charge on any atom is 0.307 e. The number of carbonyl (C=O) groups excluding carboxylic acids is 2. The SMILES string of the molecule is CCC(CC)(CC(=O)OC)NC(=O)c1cccc(N)c1.Cl. The highest BCUT2D eigenvalue weighted by Gasteiger charge is 2.31. The zero-order valence-corrected chi connectivity index (χ0v) is 13.5. The van der Waals surface area contributed by atoms with Crippen LogP contribution in [-0.2, 0) is 9.53 Å². The summed E-state index contributed by atoms with van der Waals surface area (Å²) in [5, 5.41) is 2.94. The molecule has 0 spiro atoms. The van der Waals surface area contributed by atoms with Gasteiger partial charge in [-0.05, 0) is 31.0 Å². The van der Waals surface area contributed by atoms with Crippen LogP contribution in [0.25, 0.3) is 0 Å². The Morgan fingerprint density at radius 2 is 1.90 bits per heavy atom. The first-order chi connectivity index (χ1) is 9.46. The fourth-order valence-electron chi connectivity index (χ4n) is 2.06. The van der Waals surface area contributed by atoms with Crippen molar-refractivity contribution >= 4 is 30.0 Å². The van der Waals surface area contributed by atoms with E-state index in [0.29, 0.717) is 24.1 Å². The molecule has 0 aromatic heterocycles. The van der Waals surface area contributed by atoms with Crippen LogP contribution in [0, 0.1) is 0 Å². The molecule has 1 rings (SSSR count). The molecular weight excluding hydrogens is 292 g/mol. The molecular formula is C15H23ClN2O3. The summed E-state index contributed by atoms with van der Waals surface area (Å²) in [6.07, 6.45) is 1.45. The third kappa shape index (κ3) is 5.27. The minimum atomic E-state index is -0.589. The van der Waals surface area contributed by atoms with Crippen molar-refractivity contribution in [1.29, 1.82) is 0 Å². The molecule has 6 heteroatoms. The lowest BCUT2D eigenvalue weighted by atomic mass is 9.88. The predicted molar refractivity (Wildman–Crippen MR) is 85.5 cm³/mol. The fraction of sp³-hybridized carbons (Fsp3) is 0.467. The average Bonchev–Trinajstić information content (AvgIpc) is 2.46. The molecule has 0 saturated carbocycles. The van der Waals surface area contributed by atoms with Crippen LogP contribution in [0.3, 0.4) is 0 Å². The topological polar surface area (TPSA) is 81.4 Å². The summed E-state index contributed by atoms with van der Waals surface area (Å²) in [4.78, 5) is 23.8. The van der Waals surface area contributed by atoms with E-state index >= 15 is 0 Å². The van der Waals surface area contributed by atoms with E-state index in [1.165, 1.54) is 7.11 Å². The number of nitrogens with two attached hydrogens (primary N) is 1. The Morgan fingerprint density at radius 3 is 2.38 bits per heavy atom.